The van der Waals surface area contributed by atoms with Gasteiger partial charge in [0.15, 0.2) is 0 Å². The van der Waals surface area contributed by atoms with Crippen LogP contribution in [0.15, 0.2) is 0 Å². The fourth-order valence-corrected chi connectivity index (χ4v) is 2.49. The lowest BCUT2D eigenvalue weighted by Crippen LogP contribution is -2.40. The average Bonchev–Trinajstić information content (AvgIpc) is 2.05. The van der Waals surface area contributed by atoms with E-state index in [9.17, 15) is 4.79 Å². The average molecular weight is 187 g/mol. The molecule has 0 amide bonds. The van der Waals surface area contributed by atoms with Gasteiger partial charge in [-0.2, -0.15) is 11.8 Å². The Bertz CT molecular complexity index is 155. The third-order valence-electron chi connectivity index (χ3n) is 2.25. The van der Waals surface area contributed by atoms with Crippen LogP contribution >= 0.6 is 11.8 Å². The van der Waals surface area contributed by atoms with Crippen LogP contribution in [-0.4, -0.2) is 41.3 Å². The summed E-state index contributed by atoms with van der Waals surface area (Å²) >= 11 is 2.01. The highest BCUT2D eigenvalue weighted by molar-refractivity contribution is 7.99. The highest BCUT2D eigenvalue weighted by atomic mass is 32.2. The minimum atomic E-state index is 0.306. The lowest BCUT2D eigenvalue weighted by Gasteiger charge is -2.31. The molecule has 1 atom stereocenters. The molecule has 12 heavy (non-hydrogen) atoms. The number of carbonyl (C=O) groups is 1. The second-order valence-electron chi connectivity index (χ2n) is 3.40. The molecule has 1 aliphatic rings. The molecule has 1 fully saturated rings. The number of thioether (sulfide) groups is 1. The molecule has 0 saturated carbocycles. The Kier molecular flexibility index (Phi) is 4.09. The van der Waals surface area contributed by atoms with Crippen LogP contribution < -0.4 is 0 Å². The lowest BCUT2D eigenvalue weighted by molar-refractivity contribution is -0.118. The van der Waals surface area contributed by atoms with Crippen molar-refractivity contribution in [1.82, 2.24) is 4.90 Å². The summed E-state index contributed by atoms with van der Waals surface area (Å²) in [4.78, 5) is 13.3. The van der Waals surface area contributed by atoms with E-state index in [0.717, 1.165) is 13.1 Å². The van der Waals surface area contributed by atoms with Gasteiger partial charge >= 0.3 is 0 Å². The van der Waals surface area contributed by atoms with Crippen molar-refractivity contribution in [3.05, 3.63) is 0 Å². The van der Waals surface area contributed by atoms with Crippen molar-refractivity contribution >= 4 is 17.5 Å². The molecule has 1 saturated heterocycles. The summed E-state index contributed by atoms with van der Waals surface area (Å²) in [6, 6.07) is 0.448. The van der Waals surface area contributed by atoms with Gasteiger partial charge in [0, 0.05) is 37.1 Å². The van der Waals surface area contributed by atoms with E-state index in [1.807, 2.05) is 11.8 Å². The molecule has 1 heterocycles. The first kappa shape index (κ1) is 10.1. The minimum Gasteiger partial charge on any atom is -0.300 e. The SMILES string of the molecule is CC(=O)CC(C)N1CCSCC1. The first-order chi connectivity index (χ1) is 5.70. The van der Waals surface area contributed by atoms with Gasteiger partial charge in [0.25, 0.3) is 0 Å². The van der Waals surface area contributed by atoms with E-state index < -0.39 is 0 Å². The van der Waals surface area contributed by atoms with Crippen molar-refractivity contribution in [3.8, 4) is 0 Å². The van der Waals surface area contributed by atoms with Crippen molar-refractivity contribution in [1.29, 1.82) is 0 Å². The standard InChI is InChI=1S/C9H17NOS/c1-8(7-9(2)11)10-3-5-12-6-4-10/h8H,3-7H2,1-2H3. The fraction of sp³-hybridized carbons (Fsp3) is 0.889. The summed E-state index contributed by atoms with van der Waals surface area (Å²) < 4.78 is 0. The number of rotatable bonds is 3. The molecular formula is C9H17NOS. The zero-order valence-corrected chi connectivity index (χ0v) is 8.69. The van der Waals surface area contributed by atoms with Crippen LogP contribution in [0, 0.1) is 0 Å². The Morgan fingerprint density at radius 2 is 2.08 bits per heavy atom. The molecule has 1 rings (SSSR count). The number of Topliss-reactive ketones (excluding diaryl/α,β-unsaturated/α-hetero) is 1. The number of ketones is 1. The van der Waals surface area contributed by atoms with Crippen LogP contribution in [0.2, 0.25) is 0 Å². The molecule has 0 aromatic rings. The molecule has 0 aromatic carbocycles. The van der Waals surface area contributed by atoms with Gasteiger partial charge in [0.2, 0.25) is 0 Å². The normalized spacial score (nSPS) is 22.2. The predicted molar refractivity (Wildman–Crippen MR) is 53.7 cm³/mol. The van der Waals surface area contributed by atoms with E-state index in [-0.39, 0.29) is 0 Å². The number of carbonyl (C=O) groups excluding carboxylic acids is 1. The monoisotopic (exact) mass is 187 g/mol. The van der Waals surface area contributed by atoms with Crippen LogP contribution in [0.25, 0.3) is 0 Å². The molecule has 0 spiro atoms. The molecule has 0 bridgehead atoms. The third kappa shape index (κ3) is 3.15. The summed E-state index contributed by atoms with van der Waals surface area (Å²) in [6.07, 6.45) is 0.713. The van der Waals surface area contributed by atoms with Crippen LogP contribution in [0.5, 0.6) is 0 Å². The second-order valence-corrected chi connectivity index (χ2v) is 4.63. The van der Waals surface area contributed by atoms with E-state index in [4.69, 9.17) is 0 Å². The Morgan fingerprint density at radius 3 is 2.58 bits per heavy atom. The highest BCUT2D eigenvalue weighted by Crippen LogP contribution is 2.13. The predicted octanol–water partition coefficient (Wildman–Crippen LogP) is 1.40. The Hall–Kier alpha value is -0.0200. The van der Waals surface area contributed by atoms with Gasteiger partial charge in [-0.3, -0.25) is 9.69 Å². The van der Waals surface area contributed by atoms with Crippen molar-refractivity contribution in [2.75, 3.05) is 24.6 Å². The molecule has 0 aromatic heterocycles. The second kappa shape index (κ2) is 4.87. The van der Waals surface area contributed by atoms with Crippen molar-refractivity contribution in [2.45, 2.75) is 26.3 Å². The van der Waals surface area contributed by atoms with Crippen molar-refractivity contribution in [2.24, 2.45) is 0 Å². The number of hydrogen-bond donors (Lipinski definition) is 0. The summed E-state index contributed by atoms with van der Waals surface area (Å²) in [5, 5.41) is 0. The zero-order chi connectivity index (χ0) is 8.97. The molecule has 0 radical (unpaired) electrons. The van der Waals surface area contributed by atoms with Gasteiger partial charge in [-0.25, -0.2) is 0 Å². The fourth-order valence-electron chi connectivity index (χ4n) is 1.56. The molecule has 2 nitrogen and oxygen atoms in total. The summed E-state index contributed by atoms with van der Waals surface area (Å²) in [6.45, 7) is 6.13. The minimum absolute atomic E-state index is 0.306. The Labute approximate surface area is 78.7 Å². The van der Waals surface area contributed by atoms with Crippen molar-refractivity contribution in [3.63, 3.8) is 0 Å². The maximum absolute atomic E-state index is 10.9. The van der Waals surface area contributed by atoms with Crippen LogP contribution in [-0.2, 0) is 4.79 Å². The number of hydrogen-bond acceptors (Lipinski definition) is 3. The van der Waals surface area contributed by atoms with Gasteiger partial charge in [0.05, 0.1) is 0 Å². The van der Waals surface area contributed by atoms with Gasteiger partial charge in [-0.1, -0.05) is 0 Å². The van der Waals surface area contributed by atoms with Crippen molar-refractivity contribution < 1.29 is 4.79 Å². The van der Waals surface area contributed by atoms with Gasteiger partial charge in [0.1, 0.15) is 5.78 Å². The van der Waals surface area contributed by atoms with Gasteiger partial charge < -0.3 is 0 Å². The van der Waals surface area contributed by atoms with E-state index in [1.54, 1.807) is 6.92 Å². The molecule has 70 valence electrons. The van der Waals surface area contributed by atoms with E-state index >= 15 is 0 Å². The van der Waals surface area contributed by atoms with Gasteiger partial charge in [-0.05, 0) is 13.8 Å². The largest absolute Gasteiger partial charge is 0.300 e. The first-order valence-electron chi connectivity index (χ1n) is 4.51. The summed E-state index contributed by atoms with van der Waals surface area (Å²) in [7, 11) is 0. The van der Waals surface area contributed by atoms with Crippen LogP contribution in [0.4, 0.5) is 0 Å². The molecule has 0 aliphatic carbocycles. The van der Waals surface area contributed by atoms with Crippen LogP contribution in [0.3, 0.4) is 0 Å². The molecular weight excluding hydrogens is 170 g/mol. The molecule has 0 N–H and O–H groups in total. The highest BCUT2D eigenvalue weighted by Gasteiger charge is 2.17. The lowest BCUT2D eigenvalue weighted by atomic mass is 10.1. The van der Waals surface area contributed by atoms with E-state index in [0.29, 0.717) is 18.2 Å². The molecule has 1 aliphatic heterocycles. The zero-order valence-electron chi connectivity index (χ0n) is 7.88. The topological polar surface area (TPSA) is 20.3 Å². The first-order valence-corrected chi connectivity index (χ1v) is 5.67. The third-order valence-corrected chi connectivity index (χ3v) is 3.19. The smallest absolute Gasteiger partial charge is 0.131 e. The maximum Gasteiger partial charge on any atom is 0.131 e. The molecule has 3 heteroatoms. The maximum atomic E-state index is 10.9. The van der Waals surface area contributed by atoms with Gasteiger partial charge in [-0.15, -0.1) is 0 Å². The Balaban J connectivity index is 2.29. The number of nitrogens with zero attached hydrogens (tertiary/aromatic N) is 1. The summed E-state index contributed by atoms with van der Waals surface area (Å²) in [5.41, 5.74) is 0. The Morgan fingerprint density at radius 1 is 1.50 bits per heavy atom. The van der Waals surface area contributed by atoms with E-state index in [1.165, 1.54) is 11.5 Å². The van der Waals surface area contributed by atoms with E-state index in [2.05, 4.69) is 11.8 Å². The summed E-state index contributed by atoms with van der Waals surface area (Å²) in [5.74, 6) is 2.76. The quantitative estimate of drug-likeness (QED) is 0.666. The molecule has 1 unspecified atom stereocenters. The van der Waals surface area contributed by atoms with Crippen LogP contribution in [0.1, 0.15) is 20.3 Å².